The molecule has 0 amide bonds. The van der Waals surface area contributed by atoms with E-state index in [-0.39, 0.29) is 0 Å². The third kappa shape index (κ3) is 2.93. The van der Waals surface area contributed by atoms with Gasteiger partial charge >= 0.3 is 0 Å². The predicted octanol–water partition coefficient (Wildman–Crippen LogP) is 3.19. The van der Waals surface area contributed by atoms with Gasteiger partial charge in [0.15, 0.2) is 0 Å². The van der Waals surface area contributed by atoms with Crippen LogP contribution >= 0.6 is 11.3 Å². The second kappa shape index (κ2) is 5.43. The van der Waals surface area contributed by atoms with E-state index in [1.165, 1.54) is 21.7 Å². The van der Waals surface area contributed by atoms with Crippen LogP contribution in [0, 0.1) is 13.8 Å². The maximum atomic E-state index is 4.73. The summed E-state index contributed by atoms with van der Waals surface area (Å²) in [6.07, 6.45) is 1.00. The molecule has 0 unspecified atom stereocenters. The zero-order valence-corrected chi connectivity index (χ0v) is 11.4. The van der Waals surface area contributed by atoms with Crippen LogP contribution in [0.25, 0.3) is 10.6 Å². The van der Waals surface area contributed by atoms with Gasteiger partial charge in [-0.2, -0.15) is 0 Å². The number of aromatic nitrogens is 1. The highest BCUT2D eigenvalue weighted by molar-refractivity contribution is 7.15. The Morgan fingerprint density at radius 1 is 1.18 bits per heavy atom. The van der Waals surface area contributed by atoms with Gasteiger partial charge in [-0.15, -0.1) is 11.3 Å². The Hall–Kier alpha value is -1.19. The maximum absolute atomic E-state index is 4.73. The molecule has 2 aromatic rings. The molecule has 1 aromatic carbocycles. The minimum Gasteiger partial charge on any atom is -0.319 e. The Morgan fingerprint density at radius 2 is 1.88 bits per heavy atom. The molecule has 0 spiro atoms. The van der Waals surface area contributed by atoms with E-state index in [9.17, 15) is 0 Å². The third-order valence-corrected chi connectivity index (χ3v) is 3.87. The van der Waals surface area contributed by atoms with Gasteiger partial charge in [-0.25, -0.2) is 4.98 Å². The first kappa shape index (κ1) is 12.3. The highest BCUT2D eigenvalue weighted by Gasteiger charge is 2.08. The largest absolute Gasteiger partial charge is 0.319 e. The first-order chi connectivity index (χ1) is 8.20. The molecular formula is C14H18N2S. The Bertz CT molecular complexity index is 485. The first-order valence-electron chi connectivity index (χ1n) is 5.88. The highest BCUT2D eigenvalue weighted by Crippen LogP contribution is 2.27. The summed E-state index contributed by atoms with van der Waals surface area (Å²) in [5.41, 5.74) is 3.73. The van der Waals surface area contributed by atoms with Gasteiger partial charge in [0.2, 0.25) is 0 Å². The predicted molar refractivity (Wildman–Crippen MR) is 74.7 cm³/mol. The average molecular weight is 246 g/mol. The van der Waals surface area contributed by atoms with Crippen LogP contribution < -0.4 is 5.32 Å². The Labute approximate surface area is 107 Å². The fourth-order valence-corrected chi connectivity index (χ4v) is 2.69. The van der Waals surface area contributed by atoms with E-state index in [2.05, 4.69) is 43.4 Å². The molecule has 0 aliphatic carbocycles. The minimum atomic E-state index is 0.984. The molecule has 0 atom stereocenters. The van der Waals surface area contributed by atoms with Crippen molar-refractivity contribution >= 4 is 11.3 Å². The number of aryl methyl sites for hydroxylation is 2. The molecule has 17 heavy (non-hydrogen) atoms. The summed E-state index contributed by atoms with van der Waals surface area (Å²) < 4.78 is 0. The highest BCUT2D eigenvalue weighted by atomic mass is 32.1. The molecule has 0 radical (unpaired) electrons. The summed E-state index contributed by atoms with van der Waals surface area (Å²) in [5.74, 6) is 0. The fourth-order valence-electron chi connectivity index (χ4n) is 1.72. The second-order valence-corrected chi connectivity index (χ2v) is 5.44. The number of likely N-dealkylation sites (N-methyl/N-ethyl adjacent to an activating group) is 1. The molecule has 0 aliphatic rings. The Kier molecular flexibility index (Phi) is 3.92. The van der Waals surface area contributed by atoms with E-state index in [1.807, 2.05) is 7.05 Å². The summed E-state index contributed by atoms with van der Waals surface area (Å²) in [6, 6.07) is 8.57. The van der Waals surface area contributed by atoms with Crippen LogP contribution in [0.1, 0.15) is 16.1 Å². The van der Waals surface area contributed by atoms with Gasteiger partial charge in [0.25, 0.3) is 0 Å². The van der Waals surface area contributed by atoms with Crippen molar-refractivity contribution in [3.8, 4) is 10.6 Å². The molecule has 0 aliphatic heterocycles. The molecule has 1 heterocycles. The van der Waals surface area contributed by atoms with E-state index in [4.69, 9.17) is 4.98 Å². The molecule has 0 saturated heterocycles. The van der Waals surface area contributed by atoms with Gasteiger partial charge in [0, 0.05) is 23.4 Å². The molecule has 0 saturated carbocycles. The number of rotatable bonds is 4. The number of hydrogen-bond donors (Lipinski definition) is 1. The number of nitrogens with one attached hydrogen (secondary N) is 1. The lowest BCUT2D eigenvalue weighted by Gasteiger charge is -1.97. The van der Waals surface area contributed by atoms with Crippen molar-refractivity contribution in [2.45, 2.75) is 20.3 Å². The van der Waals surface area contributed by atoms with Crippen molar-refractivity contribution in [3.63, 3.8) is 0 Å². The van der Waals surface area contributed by atoms with Crippen LogP contribution in [-0.4, -0.2) is 18.6 Å². The first-order valence-corrected chi connectivity index (χ1v) is 6.70. The fraction of sp³-hybridized carbons (Fsp3) is 0.357. The van der Waals surface area contributed by atoms with Crippen molar-refractivity contribution in [1.29, 1.82) is 0 Å². The van der Waals surface area contributed by atoms with E-state index < -0.39 is 0 Å². The van der Waals surface area contributed by atoms with Gasteiger partial charge < -0.3 is 5.32 Å². The number of benzene rings is 1. The van der Waals surface area contributed by atoms with Gasteiger partial charge in [-0.05, 0) is 20.9 Å². The summed E-state index contributed by atoms with van der Waals surface area (Å²) in [6.45, 7) is 5.24. The van der Waals surface area contributed by atoms with Crippen molar-refractivity contribution in [2.24, 2.45) is 0 Å². The van der Waals surface area contributed by atoms with Crippen LogP contribution in [0.4, 0.5) is 0 Å². The van der Waals surface area contributed by atoms with Crippen LogP contribution in [0.5, 0.6) is 0 Å². The van der Waals surface area contributed by atoms with Crippen LogP contribution in [0.15, 0.2) is 24.3 Å². The lowest BCUT2D eigenvalue weighted by atomic mass is 10.2. The molecule has 0 fully saturated rings. The van der Waals surface area contributed by atoms with Crippen molar-refractivity contribution in [3.05, 3.63) is 40.4 Å². The smallest absolute Gasteiger partial charge is 0.123 e. The number of hydrogen-bond acceptors (Lipinski definition) is 3. The van der Waals surface area contributed by atoms with Gasteiger partial charge in [0.05, 0.1) is 5.69 Å². The summed E-state index contributed by atoms with van der Waals surface area (Å²) in [7, 11) is 1.97. The average Bonchev–Trinajstić information content (AvgIpc) is 2.69. The standard InChI is InChI=1S/C14H18N2S/c1-10-4-6-12(7-5-10)14-16-13(8-9-15-3)11(2)17-14/h4-7,15H,8-9H2,1-3H3. The zero-order chi connectivity index (χ0) is 12.3. The van der Waals surface area contributed by atoms with E-state index in [0.717, 1.165) is 18.0 Å². The van der Waals surface area contributed by atoms with Crippen LogP contribution in [0.3, 0.4) is 0 Å². The van der Waals surface area contributed by atoms with E-state index in [1.54, 1.807) is 11.3 Å². The molecule has 3 heteroatoms. The summed E-state index contributed by atoms with van der Waals surface area (Å²) >= 11 is 1.78. The van der Waals surface area contributed by atoms with Crippen LogP contribution in [-0.2, 0) is 6.42 Å². The SMILES string of the molecule is CNCCc1nc(-c2ccc(C)cc2)sc1C. The number of nitrogens with zero attached hydrogens (tertiary/aromatic N) is 1. The monoisotopic (exact) mass is 246 g/mol. The summed E-state index contributed by atoms with van der Waals surface area (Å²) in [4.78, 5) is 6.06. The summed E-state index contributed by atoms with van der Waals surface area (Å²) in [5, 5.41) is 4.30. The second-order valence-electron chi connectivity index (χ2n) is 4.24. The van der Waals surface area contributed by atoms with Crippen LogP contribution in [0.2, 0.25) is 0 Å². The molecule has 2 rings (SSSR count). The quantitative estimate of drug-likeness (QED) is 0.896. The number of thiazole rings is 1. The van der Waals surface area contributed by atoms with Crippen molar-refractivity contribution in [1.82, 2.24) is 10.3 Å². The van der Waals surface area contributed by atoms with Crippen molar-refractivity contribution < 1.29 is 0 Å². The minimum absolute atomic E-state index is 0.984. The van der Waals surface area contributed by atoms with Crippen molar-refractivity contribution in [2.75, 3.05) is 13.6 Å². The topological polar surface area (TPSA) is 24.9 Å². The molecule has 0 bridgehead atoms. The zero-order valence-electron chi connectivity index (χ0n) is 10.6. The lowest BCUT2D eigenvalue weighted by Crippen LogP contribution is -2.10. The normalized spacial score (nSPS) is 10.8. The maximum Gasteiger partial charge on any atom is 0.123 e. The van der Waals surface area contributed by atoms with Gasteiger partial charge in [-0.3, -0.25) is 0 Å². The molecule has 2 nitrogen and oxygen atoms in total. The molecule has 90 valence electrons. The van der Waals surface area contributed by atoms with E-state index >= 15 is 0 Å². The van der Waals surface area contributed by atoms with Gasteiger partial charge in [0.1, 0.15) is 5.01 Å². The molecular weight excluding hydrogens is 228 g/mol. The molecule has 1 aromatic heterocycles. The van der Waals surface area contributed by atoms with Gasteiger partial charge in [-0.1, -0.05) is 29.8 Å². The van der Waals surface area contributed by atoms with E-state index in [0.29, 0.717) is 0 Å². The Morgan fingerprint density at radius 3 is 2.53 bits per heavy atom. The molecule has 1 N–H and O–H groups in total. The third-order valence-electron chi connectivity index (χ3n) is 2.80. The Balaban J connectivity index is 2.24. The lowest BCUT2D eigenvalue weighted by molar-refractivity contribution is 0.777.